The molecule has 1 saturated heterocycles. The fourth-order valence-electron chi connectivity index (χ4n) is 2.50. The number of methoxy groups -OCH3 is 1. The predicted octanol–water partition coefficient (Wildman–Crippen LogP) is 2.03. The van der Waals surface area contributed by atoms with Crippen molar-refractivity contribution in [2.24, 2.45) is 11.7 Å². The zero-order chi connectivity index (χ0) is 14.5. The summed E-state index contributed by atoms with van der Waals surface area (Å²) in [7, 11) is 1.70. The topological polar surface area (TPSA) is 67.6 Å². The summed E-state index contributed by atoms with van der Waals surface area (Å²) in [5, 5.41) is 2.92. The molecular weight excluding hydrogens is 254 g/mol. The van der Waals surface area contributed by atoms with E-state index in [0.717, 1.165) is 24.2 Å². The van der Waals surface area contributed by atoms with Crippen LogP contribution in [0.3, 0.4) is 0 Å². The van der Waals surface area contributed by atoms with Crippen LogP contribution in [0.15, 0.2) is 24.3 Å². The van der Waals surface area contributed by atoms with E-state index in [0.29, 0.717) is 19.0 Å². The van der Waals surface area contributed by atoms with Crippen molar-refractivity contribution in [1.82, 2.24) is 4.90 Å². The number of carbonyl (C=O) groups excluding carboxylic acids is 1. The summed E-state index contributed by atoms with van der Waals surface area (Å²) in [6.07, 6.45) is 1.08. The van der Waals surface area contributed by atoms with Gasteiger partial charge in [0, 0.05) is 32.4 Å². The van der Waals surface area contributed by atoms with Gasteiger partial charge in [-0.05, 0) is 30.0 Å². The predicted molar refractivity (Wildman–Crippen MR) is 79.5 cm³/mol. The number of likely N-dealkylation sites (tertiary alicyclic amines) is 1. The van der Waals surface area contributed by atoms with Crippen molar-refractivity contribution >= 4 is 11.7 Å². The number of hydrogen-bond acceptors (Lipinski definition) is 3. The van der Waals surface area contributed by atoms with Gasteiger partial charge in [0.05, 0.1) is 6.10 Å². The summed E-state index contributed by atoms with van der Waals surface area (Å²) >= 11 is 0. The number of urea groups is 1. The van der Waals surface area contributed by atoms with Gasteiger partial charge in [-0.3, -0.25) is 0 Å². The summed E-state index contributed by atoms with van der Waals surface area (Å²) < 4.78 is 5.43. The molecule has 0 radical (unpaired) electrons. The first-order valence-electron chi connectivity index (χ1n) is 7.01. The largest absolute Gasteiger partial charge is 0.379 e. The molecule has 2 amide bonds. The lowest BCUT2D eigenvalue weighted by atomic mass is 9.96. The van der Waals surface area contributed by atoms with Crippen LogP contribution in [-0.4, -0.2) is 37.2 Å². The smallest absolute Gasteiger partial charge is 0.321 e. The van der Waals surface area contributed by atoms with E-state index in [9.17, 15) is 4.79 Å². The standard InChI is InChI=1S/C15H23N3O2/c1-11-6-7-18(10-14(11)20-2)15(19)17-13-5-3-4-12(8-13)9-16/h3-5,8,11,14H,6-7,9-10,16H2,1-2H3,(H,17,19). The molecule has 1 aliphatic rings. The number of amides is 2. The lowest BCUT2D eigenvalue weighted by molar-refractivity contribution is 0.00896. The molecule has 110 valence electrons. The van der Waals surface area contributed by atoms with Gasteiger partial charge in [0.25, 0.3) is 0 Å². The quantitative estimate of drug-likeness (QED) is 0.888. The van der Waals surface area contributed by atoms with Crippen molar-refractivity contribution in [2.75, 3.05) is 25.5 Å². The van der Waals surface area contributed by atoms with Gasteiger partial charge in [-0.25, -0.2) is 4.79 Å². The van der Waals surface area contributed by atoms with Crippen LogP contribution in [0.25, 0.3) is 0 Å². The highest BCUT2D eigenvalue weighted by Gasteiger charge is 2.28. The Morgan fingerprint density at radius 3 is 3.05 bits per heavy atom. The highest BCUT2D eigenvalue weighted by molar-refractivity contribution is 5.89. The second-order valence-electron chi connectivity index (χ2n) is 5.32. The number of nitrogens with one attached hydrogen (secondary N) is 1. The van der Waals surface area contributed by atoms with E-state index in [2.05, 4.69) is 12.2 Å². The van der Waals surface area contributed by atoms with Crippen LogP contribution in [-0.2, 0) is 11.3 Å². The Kier molecular flexibility index (Phi) is 4.98. The van der Waals surface area contributed by atoms with Gasteiger partial charge in [0.15, 0.2) is 0 Å². The number of carbonyl (C=O) groups is 1. The fourth-order valence-corrected chi connectivity index (χ4v) is 2.50. The van der Waals surface area contributed by atoms with Gasteiger partial charge in [0.2, 0.25) is 0 Å². The van der Waals surface area contributed by atoms with Gasteiger partial charge in [-0.2, -0.15) is 0 Å². The molecule has 2 rings (SSSR count). The summed E-state index contributed by atoms with van der Waals surface area (Å²) in [6, 6.07) is 7.54. The molecule has 1 aromatic carbocycles. The minimum absolute atomic E-state index is 0.0758. The molecule has 2 unspecified atom stereocenters. The average Bonchev–Trinajstić information content (AvgIpc) is 2.47. The number of benzene rings is 1. The highest BCUT2D eigenvalue weighted by Crippen LogP contribution is 2.20. The zero-order valence-corrected chi connectivity index (χ0v) is 12.1. The number of nitrogens with zero attached hydrogens (tertiary/aromatic N) is 1. The van der Waals surface area contributed by atoms with Gasteiger partial charge < -0.3 is 20.7 Å². The van der Waals surface area contributed by atoms with E-state index in [1.165, 1.54) is 0 Å². The third-order valence-electron chi connectivity index (χ3n) is 3.89. The fraction of sp³-hybridized carbons (Fsp3) is 0.533. The maximum absolute atomic E-state index is 12.3. The van der Waals surface area contributed by atoms with E-state index in [4.69, 9.17) is 10.5 Å². The Balaban J connectivity index is 1.97. The molecule has 0 aliphatic carbocycles. The molecule has 5 nitrogen and oxygen atoms in total. The maximum atomic E-state index is 12.3. The van der Waals surface area contributed by atoms with Crippen LogP contribution in [0.5, 0.6) is 0 Å². The minimum Gasteiger partial charge on any atom is -0.379 e. The summed E-state index contributed by atoms with van der Waals surface area (Å²) in [6.45, 7) is 4.04. The lowest BCUT2D eigenvalue weighted by Crippen LogP contribution is -2.48. The number of hydrogen-bond donors (Lipinski definition) is 2. The molecular formula is C15H23N3O2. The SMILES string of the molecule is COC1CN(C(=O)Nc2cccc(CN)c2)CCC1C. The van der Waals surface area contributed by atoms with Crippen LogP contribution in [0, 0.1) is 5.92 Å². The Bertz CT molecular complexity index is 464. The Morgan fingerprint density at radius 1 is 1.55 bits per heavy atom. The molecule has 2 atom stereocenters. The van der Waals surface area contributed by atoms with Crippen molar-refractivity contribution in [3.05, 3.63) is 29.8 Å². The van der Waals surface area contributed by atoms with E-state index >= 15 is 0 Å². The average molecular weight is 277 g/mol. The van der Waals surface area contributed by atoms with Gasteiger partial charge in [0.1, 0.15) is 0 Å². The molecule has 3 N–H and O–H groups in total. The molecule has 1 fully saturated rings. The number of piperidine rings is 1. The molecule has 1 aromatic rings. The molecule has 1 heterocycles. The maximum Gasteiger partial charge on any atom is 0.321 e. The van der Waals surface area contributed by atoms with Crippen LogP contribution in [0.4, 0.5) is 10.5 Å². The summed E-state index contributed by atoms with van der Waals surface area (Å²) in [5.74, 6) is 0.490. The first-order valence-corrected chi connectivity index (χ1v) is 7.01. The van der Waals surface area contributed by atoms with E-state index in [1.54, 1.807) is 7.11 Å². The Labute approximate surface area is 120 Å². The van der Waals surface area contributed by atoms with E-state index in [-0.39, 0.29) is 12.1 Å². The van der Waals surface area contributed by atoms with Crippen LogP contribution >= 0.6 is 0 Å². The second kappa shape index (κ2) is 6.72. The van der Waals surface area contributed by atoms with Crippen LogP contribution in [0.1, 0.15) is 18.9 Å². The first-order chi connectivity index (χ1) is 9.63. The third kappa shape index (κ3) is 3.49. The normalized spacial score (nSPS) is 22.6. The molecule has 0 saturated carbocycles. The van der Waals surface area contributed by atoms with Crippen molar-refractivity contribution in [1.29, 1.82) is 0 Å². The monoisotopic (exact) mass is 277 g/mol. The second-order valence-corrected chi connectivity index (χ2v) is 5.32. The van der Waals surface area contributed by atoms with E-state index < -0.39 is 0 Å². The minimum atomic E-state index is -0.0758. The highest BCUT2D eigenvalue weighted by atomic mass is 16.5. The Hall–Kier alpha value is -1.59. The van der Waals surface area contributed by atoms with Crippen LogP contribution in [0.2, 0.25) is 0 Å². The van der Waals surface area contributed by atoms with Crippen molar-refractivity contribution in [3.63, 3.8) is 0 Å². The van der Waals surface area contributed by atoms with Crippen molar-refractivity contribution in [2.45, 2.75) is 26.0 Å². The van der Waals surface area contributed by atoms with E-state index in [1.807, 2.05) is 29.2 Å². The molecule has 0 aromatic heterocycles. The first kappa shape index (κ1) is 14.8. The molecule has 5 heteroatoms. The summed E-state index contributed by atoms with van der Waals surface area (Å²) in [5.41, 5.74) is 7.39. The molecule has 0 bridgehead atoms. The number of anilines is 1. The van der Waals surface area contributed by atoms with Crippen molar-refractivity contribution < 1.29 is 9.53 Å². The van der Waals surface area contributed by atoms with Crippen LogP contribution < -0.4 is 11.1 Å². The van der Waals surface area contributed by atoms with Gasteiger partial charge >= 0.3 is 6.03 Å². The number of nitrogens with two attached hydrogens (primary N) is 1. The molecule has 1 aliphatic heterocycles. The van der Waals surface area contributed by atoms with Gasteiger partial charge in [-0.1, -0.05) is 19.1 Å². The zero-order valence-electron chi connectivity index (χ0n) is 12.1. The summed E-state index contributed by atoms with van der Waals surface area (Å²) in [4.78, 5) is 14.1. The molecule has 20 heavy (non-hydrogen) atoms. The number of rotatable bonds is 3. The van der Waals surface area contributed by atoms with Crippen molar-refractivity contribution in [3.8, 4) is 0 Å². The molecule has 0 spiro atoms. The van der Waals surface area contributed by atoms with Gasteiger partial charge in [-0.15, -0.1) is 0 Å². The Morgan fingerprint density at radius 2 is 2.35 bits per heavy atom. The number of ether oxygens (including phenoxy) is 1. The lowest BCUT2D eigenvalue weighted by Gasteiger charge is -2.36. The third-order valence-corrected chi connectivity index (χ3v) is 3.89.